The van der Waals surface area contributed by atoms with Crippen LogP contribution in [-0.4, -0.2) is 26.8 Å². The van der Waals surface area contributed by atoms with E-state index in [2.05, 4.69) is 23.9 Å². The van der Waals surface area contributed by atoms with Crippen molar-refractivity contribution in [3.8, 4) is 0 Å². The molecule has 0 radical (unpaired) electrons. The predicted molar refractivity (Wildman–Crippen MR) is 85.6 cm³/mol. The van der Waals surface area contributed by atoms with Crippen LogP contribution in [0.5, 0.6) is 0 Å². The third-order valence-electron chi connectivity index (χ3n) is 3.18. The maximum absolute atomic E-state index is 12.3. The van der Waals surface area contributed by atoms with Crippen LogP contribution in [0.15, 0.2) is 24.3 Å². The van der Waals surface area contributed by atoms with Gasteiger partial charge in [-0.15, -0.1) is 0 Å². The molecule has 0 aliphatic heterocycles. The minimum Gasteiger partial charge on any atom is -0.315 e. The number of sulfonamides is 1. The molecular weight excluding hydrogens is 272 g/mol. The van der Waals surface area contributed by atoms with E-state index >= 15 is 0 Å². The van der Waals surface area contributed by atoms with Crippen molar-refractivity contribution >= 4 is 15.7 Å². The molecule has 1 atom stereocenters. The Hall–Kier alpha value is -1.07. The molecule has 0 spiro atoms. The van der Waals surface area contributed by atoms with E-state index in [1.54, 1.807) is 6.92 Å². The molecular formula is C15H26N2O2S. The van der Waals surface area contributed by atoms with Gasteiger partial charge in [0.05, 0.1) is 10.9 Å². The standard InChI is InChI=1S/C15H26N2O2S/c1-4-8-14-9-6-7-10-15(14)17-20(18,19)13(3)12-16-11-5-2/h6-7,9-10,13,16-17H,4-5,8,11-12H2,1-3H3. The van der Waals surface area contributed by atoms with Gasteiger partial charge in [-0.2, -0.15) is 0 Å². The Balaban J connectivity index is 2.75. The fraction of sp³-hybridized carbons (Fsp3) is 0.600. The van der Waals surface area contributed by atoms with Crippen molar-refractivity contribution in [2.24, 2.45) is 0 Å². The summed E-state index contributed by atoms with van der Waals surface area (Å²) in [6.07, 6.45) is 2.87. The first-order valence-corrected chi connectivity index (χ1v) is 8.86. The summed E-state index contributed by atoms with van der Waals surface area (Å²) in [5.41, 5.74) is 1.75. The lowest BCUT2D eigenvalue weighted by Gasteiger charge is -2.17. The largest absolute Gasteiger partial charge is 0.315 e. The Morgan fingerprint density at radius 1 is 1.15 bits per heavy atom. The molecule has 114 valence electrons. The number of aryl methyl sites for hydroxylation is 1. The van der Waals surface area contributed by atoms with Gasteiger partial charge in [-0.25, -0.2) is 8.42 Å². The second-order valence-corrected chi connectivity index (χ2v) is 7.17. The first kappa shape index (κ1) is 17.0. The normalized spacial score (nSPS) is 13.2. The van der Waals surface area contributed by atoms with Crippen LogP contribution in [0.3, 0.4) is 0 Å². The lowest BCUT2D eigenvalue weighted by atomic mass is 10.1. The van der Waals surface area contributed by atoms with E-state index in [1.165, 1.54) is 0 Å². The van der Waals surface area contributed by atoms with Crippen LogP contribution in [-0.2, 0) is 16.4 Å². The van der Waals surface area contributed by atoms with E-state index in [0.29, 0.717) is 12.2 Å². The molecule has 0 amide bonds. The van der Waals surface area contributed by atoms with Crippen molar-refractivity contribution in [1.29, 1.82) is 0 Å². The molecule has 0 aromatic heterocycles. The highest BCUT2D eigenvalue weighted by Gasteiger charge is 2.21. The van der Waals surface area contributed by atoms with E-state index < -0.39 is 15.3 Å². The SMILES string of the molecule is CCCNCC(C)S(=O)(=O)Nc1ccccc1CCC. The molecule has 0 aliphatic rings. The van der Waals surface area contributed by atoms with E-state index in [1.807, 2.05) is 24.3 Å². The van der Waals surface area contributed by atoms with Crippen LogP contribution in [0.25, 0.3) is 0 Å². The number of hydrogen-bond acceptors (Lipinski definition) is 3. The highest BCUT2D eigenvalue weighted by Crippen LogP contribution is 2.19. The van der Waals surface area contributed by atoms with E-state index in [0.717, 1.165) is 31.4 Å². The lowest BCUT2D eigenvalue weighted by molar-refractivity contribution is 0.575. The second-order valence-electron chi connectivity index (χ2n) is 5.07. The van der Waals surface area contributed by atoms with E-state index in [9.17, 15) is 8.42 Å². The molecule has 0 heterocycles. The van der Waals surface area contributed by atoms with Crippen LogP contribution >= 0.6 is 0 Å². The minimum absolute atomic E-state index is 0.455. The molecule has 5 heteroatoms. The van der Waals surface area contributed by atoms with Gasteiger partial charge in [0.15, 0.2) is 0 Å². The monoisotopic (exact) mass is 298 g/mol. The van der Waals surface area contributed by atoms with Crippen molar-refractivity contribution in [2.75, 3.05) is 17.8 Å². The quantitative estimate of drug-likeness (QED) is 0.689. The molecule has 4 nitrogen and oxygen atoms in total. The number of benzene rings is 1. The molecule has 2 N–H and O–H groups in total. The summed E-state index contributed by atoms with van der Waals surface area (Å²) in [6.45, 7) is 7.19. The Labute approximate surface area is 123 Å². The Kier molecular flexibility index (Phi) is 7.02. The highest BCUT2D eigenvalue weighted by molar-refractivity contribution is 7.93. The van der Waals surface area contributed by atoms with Gasteiger partial charge in [-0.05, 0) is 37.9 Å². The summed E-state index contributed by atoms with van der Waals surface area (Å²) in [5.74, 6) is 0. The molecule has 0 aliphatic carbocycles. The fourth-order valence-electron chi connectivity index (χ4n) is 1.95. The van der Waals surface area contributed by atoms with Crippen LogP contribution in [0, 0.1) is 0 Å². The number of hydrogen-bond donors (Lipinski definition) is 2. The lowest BCUT2D eigenvalue weighted by Crippen LogP contribution is -2.35. The third kappa shape index (κ3) is 5.13. The Morgan fingerprint density at radius 2 is 1.85 bits per heavy atom. The topological polar surface area (TPSA) is 58.2 Å². The number of rotatable bonds is 9. The Morgan fingerprint density at radius 3 is 2.50 bits per heavy atom. The Bertz CT molecular complexity index is 500. The molecule has 1 aromatic carbocycles. The van der Waals surface area contributed by atoms with Crippen molar-refractivity contribution < 1.29 is 8.42 Å². The maximum atomic E-state index is 12.3. The zero-order valence-corrected chi connectivity index (χ0v) is 13.5. The van der Waals surface area contributed by atoms with Crippen LogP contribution in [0.2, 0.25) is 0 Å². The maximum Gasteiger partial charge on any atom is 0.236 e. The van der Waals surface area contributed by atoms with Crippen molar-refractivity contribution in [3.63, 3.8) is 0 Å². The van der Waals surface area contributed by atoms with Gasteiger partial charge in [-0.1, -0.05) is 38.5 Å². The van der Waals surface area contributed by atoms with Gasteiger partial charge in [0.25, 0.3) is 0 Å². The van der Waals surface area contributed by atoms with Gasteiger partial charge in [0, 0.05) is 6.54 Å². The van der Waals surface area contributed by atoms with E-state index in [-0.39, 0.29) is 0 Å². The molecule has 1 aromatic rings. The fourth-order valence-corrected chi connectivity index (χ4v) is 3.00. The molecule has 0 saturated carbocycles. The van der Waals surface area contributed by atoms with Crippen molar-refractivity contribution in [1.82, 2.24) is 5.32 Å². The predicted octanol–water partition coefficient (Wildman–Crippen LogP) is 2.77. The molecule has 0 saturated heterocycles. The van der Waals surface area contributed by atoms with Crippen LogP contribution in [0.1, 0.15) is 39.2 Å². The smallest absolute Gasteiger partial charge is 0.236 e. The second kappa shape index (κ2) is 8.27. The van der Waals surface area contributed by atoms with Gasteiger partial charge >= 0.3 is 0 Å². The zero-order chi connectivity index (χ0) is 15.0. The first-order chi connectivity index (χ1) is 9.51. The highest BCUT2D eigenvalue weighted by atomic mass is 32.2. The summed E-state index contributed by atoms with van der Waals surface area (Å²) in [7, 11) is -3.35. The molecule has 1 unspecified atom stereocenters. The van der Waals surface area contributed by atoms with Crippen LogP contribution in [0.4, 0.5) is 5.69 Å². The van der Waals surface area contributed by atoms with Crippen molar-refractivity contribution in [2.45, 2.75) is 45.3 Å². The van der Waals surface area contributed by atoms with Gasteiger partial charge < -0.3 is 5.32 Å². The van der Waals surface area contributed by atoms with Crippen LogP contribution < -0.4 is 10.0 Å². The first-order valence-electron chi connectivity index (χ1n) is 7.31. The molecule has 0 bridgehead atoms. The summed E-state index contributed by atoms with van der Waals surface area (Å²) >= 11 is 0. The molecule has 20 heavy (non-hydrogen) atoms. The van der Waals surface area contributed by atoms with Gasteiger partial charge in [-0.3, -0.25) is 4.72 Å². The molecule has 1 rings (SSSR count). The number of anilines is 1. The van der Waals surface area contributed by atoms with Gasteiger partial charge in [0.1, 0.15) is 0 Å². The number of para-hydroxylation sites is 1. The summed E-state index contributed by atoms with van der Waals surface area (Å²) in [4.78, 5) is 0. The summed E-state index contributed by atoms with van der Waals surface area (Å²) in [5, 5.41) is 2.69. The van der Waals surface area contributed by atoms with Gasteiger partial charge in [0.2, 0.25) is 10.0 Å². The number of nitrogens with one attached hydrogen (secondary N) is 2. The average molecular weight is 298 g/mol. The van der Waals surface area contributed by atoms with E-state index in [4.69, 9.17) is 0 Å². The third-order valence-corrected chi connectivity index (χ3v) is 4.91. The van der Waals surface area contributed by atoms with Crippen molar-refractivity contribution in [3.05, 3.63) is 29.8 Å². The minimum atomic E-state index is -3.35. The zero-order valence-electron chi connectivity index (χ0n) is 12.6. The summed E-state index contributed by atoms with van der Waals surface area (Å²) < 4.78 is 27.3. The summed E-state index contributed by atoms with van der Waals surface area (Å²) in [6, 6.07) is 7.60. The molecule has 0 fully saturated rings. The average Bonchev–Trinajstić information content (AvgIpc) is 2.41.